The maximum absolute atomic E-state index is 13.6. The Kier molecular flexibility index (Phi) is 6.23. The molecule has 3 heterocycles. The molecule has 0 saturated carbocycles. The van der Waals surface area contributed by atoms with Crippen molar-refractivity contribution < 1.29 is 22.0 Å². The topological polar surface area (TPSA) is 111 Å². The maximum atomic E-state index is 13.6. The average Bonchev–Trinajstić information content (AvgIpc) is 3.44. The lowest BCUT2D eigenvalue weighted by Gasteiger charge is -2.34. The van der Waals surface area contributed by atoms with Crippen LogP contribution in [0, 0.1) is 11.3 Å². The normalized spacial score (nSPS) is 17.1. The summed E-state index contributed by atoms with van der Waals surface area (Å²) < 4.78 is 57.8. The largest absolute Gasteiger partial charge is 0.361 e. The number of nitrogens with zero attached hydrogens (tertiary/aromatic N) is 3. The number of sulfonamides is 1. The molecular weight excluding hydrogens is 452 g/mol. The van der Waals surface area contributed by atoms with Crippen molar-refractivity contribution in [2.45, 2.75) is 42.7 Å². The zero-order valence-electron chi connectivity index (χ0n) is 17.7. The van der Waals surface area contributed by atoms with E-state index in [-0.39, 0.29) is 31.0 Å². The van der Waals surface area contributed by atoms with Crippen molar-refractivity contribution in [1.29, 1.82) is 5.26 Å². The Labute approximate surface area is 189 Å². The van der Waals surface area contributed by atoms with Crippen molar-refractivity contribution in [3.63, 3.8) is 0 Å². The zero-order valence-corrected chi connectivity index (χ0v) is 18.5. The van der Waals surface area contributed by atoms with Crippen LogP contribution in [0.3, 0.4) is 0 Å². The molecule has 4 rings (SSSR count). The Balaban J connectivity index is 1.59. The first-order chi connectivity index (χ1) is 15.7. The van der Waals surface area contributed by atoms with E-state index in [9.17, 15) is 27.3 Å². The molecule has 2 aromatic heterocycles. The number of amides is 1. The number of piperidine rings is 1. The quantitative estimate of drug-likeness (QED) is 0.547. The molecule has 2 N–H and O–H groups in total. The highest BCUT2D eigenvalue weighted by atomic mass is 32.2. The first-order valence-corrected chi connectivity index (χ1v) is 12.0. The van der Waals surface area contributed by atoms with Gasteiger partial charge in [-0.2, -0.15) is 9.98 Å². The molecule has 0 aliphatic carbocycles. The molecular formula is C22H23F2N5O3S. The number of hydrogen-bond donors (Lipinski definition) is 2. The highest BCUT2D eigenvalue weighted by molar-refractivity contribution is 7.89. The van der Waals surface area contributed by atoms with E-state index in [1.165, 1.54) is 11.0 Å². The first kappa shape index (κ1) is 22.9. The minimum absolute atomic E-state index is 0.0166. The minimum atomic E-state index is -4.11. The third kappa shape index (κ3) is 4.91. The van der Waals surface area contributed by atoms with Gasteiger partial charge in [0, 0.05) is 55.8 Å². The number of carbonyl (C=O) groups excluding carboxylic acids is 1. The molecule has 0 bridgehead atoms. The fourth-order valence-corrected chi connectivity index (χ4v) is 5.47. The second-order valence-electron chi connectivity index (χ2n) is 8.04. The number of nitrogens with one attached hydrogen (secondary N) is 2. The second-order valence-corrected chi connectivity index (χ2v) is 9.72. The smallest absolute Gasteiger partial charge is 0.251 e. The highest BCUT2D eigenvalue weighted by Crippen LogP contribution is 2.28. The molecule has 1 amide bonds. The molecule has 3 aromatic rings. The van der Waals surface area contributed by atoms with E-state index < -0.39 is 40.7 Å². The van der Waals surface area contributed by atoms with Gasteiger partial charge in [0.2, 0.25) is 15.9 Å². The molecule has 8 nitrogen and oxygen atoms in total. The van der Waals surface area contributed by atoms with Gasteiger partial charge in [-0.05, 0) is 36.8 Å². The van der Waals surface area contributed by atoms with Crippen molar-refractivity contribution in [2.24, 2.45) is 0 Å². The van der Waals surface area contributed by atoms with Crippen molar-refractivity contribution >= 4 is 26.8 Å². The molecule has 1 atom stereocenters. The lowest BCUT2D eigenvalue weighted by Crippen LogP contribution is -2.52. The summed E-state index contributed by atoms with van der Waals surface area (Å²) in [5.41, 5.74) is 1.00. The number of aromatic amines is 1. The summed E-state index contributed by atoms with van der Waals surface area (Å²) in [7, 11) is -4.11. The van der Waals surface area contributed by atoms with E-state index in [1.54, 1.807) is 47.3 Å². The molecule has 0 radical (unpaired) electrons. The van der Waals surface area contributed by atoms with Crippen LogP contribution in [0.15, 0.2) is 53.7 Å². The average molecular weight is 476 g/mol. The van der Waals surface area contributed by atoms with E-state index in [2.05, 4.69) is 9.71 Å². The van der Waals surface area contributed by atoms with E-state index in [0.717, 1.165) is 0 Å². The van der Waals surface area contributed by atoms with Crippen molar-refractivity contribution in [3.05, 3.63) is 54.5 Å². The Bertz CT molecular complexity index is 1300. The number of alkyl halides is 2. The standard InChI is InChI=1S/C22H23F2N5O3S/c23-22(24)8-13-29(14-9-22)21(30)19(7-12-28-11-2-3-16(28)15-25)27-33(31,32)20-5-1-4-18-17(20)6-10-26-18/h1-6,10-11,19,26-27H,7-9,12-14H2. The summed E-state index contributed by atoms with van der Waals surface area (Å²) in [5.74, 6) is -3.39. The Hall–Kier alpha value is -3.23. The number of halogens is 2. The molecule has 1 fully saturated rings. The van der Waals surface area contributed by atoms with Crippen molar-refractivity contribution in [3.8, 4) is 6.07 Å². The summed E-state index contributed by atoms with van der Waals surface area (Å²) in [4.78, 5) is 17.5. The molecule has 1 aromatic carbocycles. The van der Waals surface area contributed by atoms with E-state index >= 15 is 0 Å². The number of rotatable bonds is 7. The van der Waals surface area contributed by atoms with Crippen LogP contribution >= 0.6 is 0 Å². The number of carbonyl (C=O) groups is 1. The van der Waals surface area contributed by atoms with Crippen LogP contribution in [0.1, 0.15) is 25.0 Å². The number of aromatic nitrogens is 2. The second kappa shape index (κ2) is 8.96. The lowest BCUT2D eigenvalue weighted by atomic mass is 10.1. The van der Waals surface area contributed by atoms with Crippen LogP contribution in [0.5, 0.6) is 0 Å². The van der Waals surface area contributed by atoms with Gasteiger partial charge in [-0.15, -0.1) is 0 Å². The van der Waals surface area contributed by atoms with Crippen molar-refractivity contribution in [1.82, 2.24) is 19.2 Å². The summed E-state index contributed by atoms with van der Waals surface area (Å²) in [5, 5.41) is 9.70. The van der Waals surface area contributed by atoms with Gasteiger partial charge in [0.25, 0.3) is 5.92 Å². The zero-order chi connectivity index (χ0) is 23.6. The van der Waals surface area contributed by atoms with Crippen LogP contribution in [-0.2, 0) is 21.4 Å². The first-order valence-electron chi connectivity index (χ1n) is 10.5. The van der Waals surface area contributed by atoms with Gasteiger partial charge in [0.15, 0.2) is 0 Å². The van der Waals surface area contributed by atoms with Crippen LogP contribution < -0.4 is 4.72 Å². The summed E-state index contributed by atoms with van der Waals surface area (Å²) in [6, 6.07) is 10.6. The number of hydrogen-bond acceptors (Lipinski definition) is 4. The molecule has 1 aliphatic rings. The van der Waals surface area contributed by atoms with E-state index in [4.69, 9.17) is 0 Å². The molecule has 1 unspecified atom stereocenters. The molecule has 1 aliphatic heterocycles. The Morgan fingerprint density at radius 3 is 2.70 bits per heavy atom. The number of fused-ring (bicyclic) bond motifs is 1. The van der Waals surface area contributed by atoms with Gasteiger partial charge in [-0.3, -0.25) is 4.79 Å². The van der Waals surface area contributed by atoms with Gasteiger partial charge in [0.1, 0.15) is 17.8 Å². The third-order valence-corrected chi connectivity index (χ3v) is 7.38. The number of nitriles is 1. The number of aryl methyl sites for hydroxylation is 1. The minimum Gasteiger partial charge on any atom is -0.361 e. The summed E-state index contributed by atoms with van der Waals surface area (Å²) >= 11 is 0. The van der Waals surface area contributed by atoms with Crippen LogP contribution in [0.25, 0.3) is 10.9 Å². The highest BCUT2D eigenvalue weighted by Gasteiger charge is 2.38. The molecule has 174 valence electrons. The van der Waals surface area contributed by atoms with Gasteiger partial charge in [0.05, 0.1) is 4.90 Å². The predicted molar refractivity (Wildman–Crippen MR) is 117 cm³/mol. The van der Waals surface area contributed by atoms with Gasteiger partial charge >= 0.3 is 0 Å². The van der Waals surface area contributed by atoms with Gasteiger partial charge in [-0.25, -0.2) is 17.2 Å². The molecule has 1 saturated heterocycles. The monoisotopic (exact) mass is 475 g/mol. The van der Waals surface area contributed by atoms with Gasteiger partial charge < -0.3 is 14.5 Å². The number of benzene rings is 1. The SMILES string of the molecule is N#Cc1cccn1CCC(NS(=O)(=O)c1cccc2[nH]ccc12)C(=O)N1CCC(F)(F)CC1. The maximum Gasteiger partial charge on any atom is 0.251 e. The third-order valence-electron chi connectivity index (χ3n) is 5.85. The Morgan fingerprint density at radius 2 is 1.97 bits per heavy atom. The van der Waals surface area contributed by atoms with Crippen LogP contribution in [0.4, 0.5) is 8.78 Å². The fraction of sp³-hybridized carbons (Fsp3) is 0.364. The van der Waals surface area contributed by atoms with Gasteiger partial charge in [-0.1, -0.05) is 6.07 Å². The molecule has 0 spiro atoms. The molecule has 33 heavy (non-hydrogen) atoms. The number of likely N-dealkylation sites (tertiary alicyclic amines) is 1. The van der Waals surface area contributed by atoms with E-state index in [1.807, 2.05) is 6.07 Å². The van der Waals surface area contributed by atoms with Crippen LogP contribution in [-0.4, -0.2) is 53.8 Å². The predicted octanol–water partition coefficient (Wildman–Crippen LogP) is 2.84. The number of H-pyrrole nitrogens is 1. The van der Waals surface area contributed by atoms with Crippen LogP contribution in [0.2, 0.25) is 0 Å². The Morgan fingerprint density at radius 1 is 1.21 bits per heavy atom. The summed E-state index contributed by atoms with van der Waals surface area (Å²) in [6.45, 7) is -0.0952. The van der Waals surface area contributed by atoms with Crippen molar-refractivity contribution in [2.75, 3.05) is 13.1 Å². The fourth-order valence-electron chi connectivity index (χ4n) is 4.03. The molecule has 11 heteroatoms. The van der Waals surface area contributed by atoms with E-state index in [0.29, 0.717) is 16.6 Å². The lowest BCUT2D eigenvalue weighted by molar-refractivity contribution is -0.139. The summed E-state index contributed by atoms with van der Waals surface area (Å²) in [6.07, 6.45) is 2.41.